The Morgan fingerprint density at radius 2 is 1.67 bits per heavy atom. The molecule has 1 amide bonds. The van der Waals surface area contributed by atoms with Crippen molar-refractivity contribution in [1.29, 1.82) is 0 Å². The first-order valence-electron chi connectivity index (χ1n) is 9.68. The van der Waals surface area contributed by atoms with Crippen molar-refractivity contribution in [1.82, 2.24) is 9.80 Å². The van der Waals surface area contributed by atoms with E-state index >= 15 is 0 Å². The van der Waals surface area contributed by atoms with Gasteiger partial charge in [0.15, 0.2) is 0 Å². The fraction of sp³-hybridized carbons (Fsp3) is 0.600. The van der Waals surface area contributed by atoms with Crippen molar-refractivity contribution in [3.63, 3.8) is 0 Å². The van der Waals surface area contributed by atoms with Crippen molar-refractivity contribution in [3.8, 4) is 0 Å². The van der Waals surface area contributed by atoms with E-state index in [-0.39, 0.29) is 17.3 Å². The molecule has 1 N–H and O–H groups in total. The minimum absolute atomic E-state index is 0.0151. The maximum Gasteiger partial charge on any atom is 0.490 e. The molecule has 1 aromatic carbocycles. The molecule has 1 spiro atoms. The summed E-state index contributed by atoms with van der Waals surface area (Å²) in [5.41, 5.74) is 0.822. The lowest BCUT2D eigenvalue weighted by Crippen LogP contribution is -2.53. The number of ether oxygens (including phenoxy) is 1. The number of hydrogen-bond acceptors (Lipinski definition) is 4. The smallest absolute Gasteiger partial charge is 0.475 e. The van der Waals surface area contributed by atoms with Crippen LogP contribution in [0.4, 0.5) is 17.6 Å². The molecule has 2 fully saturated rings. The summed E-state index contributed by atoms with van der Waals surface area (Å²) >= 11 is 0. The summed E-state index contributed by atoms with van der Waals surface area (Å²) in [5.74, 6) is -3.05. The number of halogens is 4. The van der Waals surface area contributed by atoms with Crippen molar-refractivity contribution >= 4 is 11.9 Å². The second-order valence-corrected chi connectivity index (χ2v) is 7.41. The summed E-state index contributed by atoms with van der Waals surface area (Å²) in [6, 6.07) is 5.84. The molecule has 2 saturated heterocycles. The molecule has 0 bridgehead atoms. The third-order valence-corrected chi connectivity index (χ3v) is 5.62. The minimum Gasteiger partial charge on any atom is -0.475 e. The Bertz CT molecular complexity index is 717. The van der Waals surface area contributed by atoms with Crippen LogP contribution in [-0.4, -0.2) is 78.4 Å². The normalized spacial score (nSPS) is 18.8. The van der Waals surface area contributed by atoms with Gasteiger partial charge in [0.2, 0.25) is 0 Å². The third-order valence-electron chi connectivity index (χ3n) is 5.62. The molecular formula is C20H26F4N2O4. The number of rotatable bonds is 4. The SMILES string of the molecule is COCCN1CCCC12CCN(C(=O)c1ccc(F)cc1)CC2.O=C(O)C(F)(F)F. The van der Waals surface area contributed by atoms with E-state index in [2.05, 4.69) is 4.90 Å². The standard InChI is InChI=1S/C18H25FN2O2.C2HF3O2/c1-23-14-13-21-10-2-7-18(21)8-11-20(12-9-18)17(22)15-3-5-16(19)6-4-15;3-2(4,5)1(6)7/h3-6H,2,7-14H2,1H3;(H,6,7). The number of piperidine rings is 1. The molecule has 1 aromatic rings. The number of hydrogen-bond donors (Lipinski definition) is 1. The second-order valence-electron chi connectivity index (χ2n) is 7.41. The number of nitrogens with zero attached hydrogens (tertiary/aromatic N) is 2. The Hall–Kier alpha value is -2.20. The highest BCUT2D eigenvalue weighted by molar-refractivity contribution is 5.94. The van der Waals surface area contributed by atoms with E-state index < -0.39 is 12.1 Å². The van der Waals surface area contributed by atoms with Crippen LogP contribution in [0.2, 0.25) is 0 Å². The molecule has 2 heterocycles. The van der Waals surface area contributed by atoms with E-state index in [1.165, 1.54) is 25.0 Å². The van der Waals surface area contributed by atoms with E-state index in [0.717, 1.165) is 45.6 Å². The molecule has 0 atom stereocenters. The van der Waals surface area contributed by atoms with Gasteiger partial charge in [-0.15, -0.1) is 0 Å². The Labute approximate surface area is 172 Å². The molecule has 0 aromatic heterocycles. The van der Waals surface area contributed by atoms with Gasteiger partial charge in [0, 0.05) is 37.8 Å². The molecule has 2 aliphatic rings. The van der Waals surface area contributed by atoms with Gasteiger partial charge in [0.05, 0.1) is 6.61 Å². The topological polar surface area (TPSA) is 70.1 Å². The molecule has 0 saturated carbocycles. The van der Waals surface area contributed by atoms with Crippen molar-refractivity contribution in [2.75, 3.05) is 39.9 Å². The molecule has 0 radical (unpaired) electrons. The summed E-state index contributed by atoms with van der Waals surface area (Å²) in [4.78, 5) is 25.9. The Kier molecular flexibility index (Phi) is 8.19. The molecule has 0 unspecified atom stereocenters. The van der Waals surface area contributed by atoms with Crippen LogP contribution in [-0.2, 0) is 9.53 Å². The minimum atomic E-state index is -5.08. The van der Waals surface area contributed by atoms with Crippen LogP contribution < -0.4 is 0 Å². The maximum absolute atomic E-state index is 13.0. The third kappa shape index (κ3) is 6.15. The lowest BCUT2D eigenvalue weighted by Gasteiger charge is -2.45. The predicted molar refractivity (Wildman–Crippen MR) is 101 cm³/mol. The van der Waals surface area contributed by atoms with Crippen LogP contribution >= 0.6 is 0 Å². The summed E-state index contributed by atoms with van der Waals surface area (Å²) in [7, 11) is 1.74. The Morgan fingerprint density at radius 1 is 1.10 bits per heavy atom. The van der Waals surface area contributed by atoms with Crippen molar-refractivity contribution in [3.05, 3.63) is 35.6 Å². The number of carbonyl (C=O) groups excluding carboxylic acids is 1. The molecule has 2 aliphatic heterocycles. The molecule has 0 aliphatic carbocycles. The molecule has 6 nitrogen and oxygen atoms in total. The number of methoxy groups -OCH3 is 1. The highest BCUT2D eigenvalue weighted by Crippen LogP contribution is 2.38. The number of benzene rings is 1. The van der Waals surface area contributed by atoms with Gasteiger partial charge < -0.3 is 14.7 Å². The zero-order valence-corrected chi connectivity index (χ0v) is 16.8. The van der Waals surface area contributed by atoms with Gasteiger partial charge in [-0.3, -0.25) is 9.69 Å². The van der Waals surface area contributed by atoms with Gasteiger partial charge in [0.1, 0.15) is 5.82 Å². The zero-order chi connectivity index (χ0) is 22.4. The number of aliphatic carboxylic acids is 1. The second kappa shape index (κ2) is 10.2. The van der Waals surface area contributed by atoms with Crippen LogP contribution in [0, 0.1) is 5.82 Å². The fourth-order valence-electron chi connectivity index (χ4n) is 4.01. The monoisotopic (exact) mass is 434 g/mol. The lowest BCUT2D eigenvalue weighted by molar-refractivity contribution is -0.192. The number of carbonyl (C=O) groups is 2. The van der Waals surface area contributed by atoms with Crippen LogP contribution in [0.25, 0.3) is 0 Å². The van der Waals surface area contributed by atoms with Gasteiger partial charge in [0.25, 0.3) is 5.91 Å². The van der Waals surface area contributed by atoms with Gasteiger partial charge in [-0.05, 0) is 56.5 Å². The van der Waals surface area contributed by atoms with Crippen molar-refractivity contribution in [2.45, 2.75) is 37.4 Å². The van der Waals surface area contributed by atoms with Crippen molar-refractivity contribution in [2.24, 2.45) is 0 Å². The highest BCUT2D eigenvalue weighted by Gasteiger charge is 2.43. The van der Waals surface area contributed by atoms with E-state index in [4.69, 9.17) is 14.6 Å². The van der Waals surface area contributed by atoms with E-state index in [0.29, 0.717) is 5.56 Å². The van der Waals surface area contributed by atoms with Crippen LogP contribution in [0.15, 0.2) is 24.3 Å². The quantitative estimate of drug-likeness (QED) is 0.738. The largest absolute Gasteiger partial charge is 0.490 e. The van der Waals surface area contributed by atoms with Crippen LogP contribution in [0.5, 0.6) is 0 Å². The first kappa shape index (κ1) is 24.1. The molecular weight excluding hydrogens is 408 g/mol. The first-order valence-corrected chi connectivity index (χ1v) is 9.68. The molecule has 30 heavy (non-hydrogen) atoms. The summed E-state index contributed by atoms with van der Waals surface area (Å²) in [6.45, 7) is 4.43. The predicted octanol–water partition coefficient (Wildman–Crippen LogP) is 3.18. The van der Waals surface area contributed by atoms with Crippen LogP contribution in [0.1, 0.15) is 36.0 Å². The summed E-state index contributed by atoms with van der Waals surface area (Å²) in [6.07, 6.45) is -0.599. The van der Waals surface area contributed by atoms with Gasteiger partial charge in [-0.1, -0.05) is 0 Å². The van der Waals surface area contributed by atoms with E-state index in [1.54, 1.807) is 19.2 Å². The summed E-state index contributed by atoms with van der Waals surface area (Å²) < 4.78 is 50.0. The van der Waals surface area contributed by atoms with Crippen molar-refractivity contribution < 1.29 is 37.0 Å². The van der Waals surface area contributed by atoms with Crippen LogP contribution in [0.3, 0.4) is 0 Å². The molecule has 168 valence electrons. The van der Waals surface area contributed by atoms with Gasteiger partial charge >= 0.3 is 12.1 Å². The van der Waals surface area contributed by atoms with E-state index in [1.807, 2.05) is 4.90 Å². The number of carboxylic acids is 1. The maximum atomic E-state index is 13.0. The van der Waals surface area contributed by atoms with Gasteiger partial charge in [-0.25, -0.2) is 9.18 Å². The lowest BCUT2D eigenvalue weighted by atomic mass is 9.84. The fourth-order valence-corrected chi connectivity index (χ4v) is 4.01. The first-order chi connectivity index (χ1) is 14.1. The molecule has 3 rings (SSSR count). The van der Waals surface area contributed by atoms with Gasteiger partial charge in [-0.2, -0.15) is 13.2 Å². The zero-order valence-electron chi connectivity index (χ0n) is 16.8. The Morgan fingerprint density at radius 3 is 2.17 bits per heavy atom. The average Bonchev–Trinajstić information content (AvgIpc) is 3.08. The number of likely N-dealkylation sites (tertiary alicyclic amines) is 2. The highest BCUT2D eigenvalue weighted by atomic mass is 19.4. The van der Waals surface area contributed by atoms with E-state index in [9.17, 15) is 22.4 Å². The summed E-state index contributed by atoms with van der Waals surface area (Å²) in [5, 5.41) is 7.12. The molecule has 10 heteroatoms. The number of alkyl halides is 3. The number of amides is 1. The average molecular weight is 434 g/mol. The number of carboxylic acid groups (broad SMARTS) is 1. The Balaban J connectivity index is 0.000000396.